The number of hydrogen-bond acceptors (Lipinski definition) is 3. The van der Waals surface area contributed by atoms with E-state index in [4.69, 9.17) is 5.73 Å². The van der Waals surface area contributed by atoms with Crippen LogP contribution in [0.5, 0.6) is 0 Å². The van der Waals surface area contributed by atoms with Gasteiger partial charge >= 0.3 is 0 Å². The quantitative estimate of drug-likeness (QED) is 0.737. The first-order chi connectivity index (χ1) is 8.15. The average molecular weight is 239 g/mol. The third kappa shape index (κ3) is 4.28. The van der Waals surface area contributed by atoms with Gasteiger partial charge in [-0.25, -0.2) is 0 Å². The average Bonchev–Trinajstić information content (AvgIpc) is 3.11. The Morgan fingerprint density at radius 3 is 2.53 bits per heavy atom. The third-order valence-electron chi connectivity index (χ3n) is 4.03. The number of carbonyl (C=O) groups is 1. The second kappa shape index (κ2) is 5.83. The highest BCUT2D eigenvalue weighted by molar-refractivity contribution is 5.78. The summed E-state index contributed by atoms with van der Waals surface area (Å²) in [6, 6.07) is 0.292. The minimum atomic E-state index is 0.191. The first-order valence-corrected chi connectivity index (χ1v) is 6.90. The Hall–Kier alpha value is -0.610. The van der Waals surface area contributed by atoms with E-state index in [1.54, 1.807) is 0 Å². The van der Waals surface area contributed by atoms with Gasteiger partial charge in [0, 0.05) is 12.6 Å². The van der Waals surface area contributed by atoms with E-state index in [2.05, 4.69) is 17.1 Å². The molecular formula is C13H25N3O. The lowest BCUT2D eigenvalue weighted by Gasteiger charge is -2.33. The lowest BCUT2D eigenvalue weighted by atomic mass is 9.91. The Labute approximate surface area is 104 Å². The Morgan fingerprint density at radius 2 is 2.00 bits per heavy atom. The number of nitrogens with two attached hydrogens (primary N) is 1. The zero-order chi connectivity index (χ0) is 12.3. The number of nitrogens with one attached hydrogen (secondary N) is 1. The van der Waals surface area contributed by atoms with Crippen molar-refractivity contribution in [3.63, 3.8) is 0 Å². The van der Waals surface area contributed by atoms with Gasteiger partial charge in [-0.3, -0.25) is 9.69 Å². The van der Waals surface area contributed by atoms with Gasteiger partial charge in [-0.05, 0) is 57.5 Å². The fourth-order valence-electron chi connectivity index (χ4n) is 2.48. The maximum absolute atomic E-state index is 11.7. The minimum absolute atomic E-state index is 0.191. The highest BCUT2D eigenvalue weighted by Crippen LogP contribution is 2.27. The van der Waals surface area contributed by atoms with Gasteiger partial charge in [-0.2, -0.15) is 0 Å². The summed E-state index contributed by atoms with van der Waals surface area (Å²) in [5.41, 5.74) is 5.90. The first-order valence-electron chi connectivity index (χ1n) is 6.90. The molecule has 98 valence electrons. The molecular weight excluding hydrogens is 214 g/mol. The molecule has 4 heteroatoms. The topological polar surface area (TPSA) is 58.4 Å². The van der Waals surface area contributed by atoms with E-state index in [1.165, 1.54) is 12.8 Å². The standard InChI is InChI=1S/C13H25N3O/c1-10(14)12-4-6-16(7-5-12)9-13(17)15-8-11-2-3-11/h10-12H,2-9,14H2,1H3,(H,15,17). The molecule has 0 bridgehead atoms. The molecule has 0 aromatic carbocycles. The van der Waals surface area contributed by atoms with E-state index in [0.717, 1.165) is 38.4 Å². The summed E-state index contributed by atoms with van der Waals surface area (Å²) in [5, 5.41) is 3.02. The Balaban J connectivity index is 1.61. The van der Waals surface area contributed by atoms with E-state index in [1.807, 2.05) is 0 Å². The van der Waals surface area contributed by atoms with Crippen LogP contribution in [0.4, 0.5) is 0 Å². The van der Waals surface area contributed by atoms with Crippen LogP contribution in [0, 0.1) is 11.8 Å². The van der Waals surface area contributed by atoms with Crippen LogP contribution in [0.2, 0.25) is 0 Å². The maximum Gasteiger partial charge on any atom is 0.234 e. The van der Waals surface area contributed by atoms with Crippen molar-refractivity contribution < 1.29 is 4.79 Å². The Kier molecular flexibility index (Phi) is 4.40. The molecule has 0 spiro atoms. The molecule has 1 saturated heterocycles. The zero-order valence-corrected chi connectivity index (χ0v) is 10.8. The highest BCUT2D eigenvalue weighted by atomic mass is 16.2. The molecule has 1 heterocycles. The second-order valence-corrected chi connectivity index (χ2v) is 5.72. The van der Waals surface area contributed by atoms with Crippen LogP contribution in [0.15, 0.2) is 0 Å². The molecule has 0 radical (unpaired) electrons. The molecule has 1 aliphatic carbocycles. The van der Waals surface area contributed by atoms with Crippen molar-refractivity contribution >= 4 is 5.91 Å². The molecule has 0 aromatic rings. The largest absolute Gasteiger partial charge is 0.355 e. The molecule has 4 nitrogen and oxygen atoms in total. The van der Waals surface area contributed by atoms with Gasteiger partial charge in [0.1, 0.15) is 0 Å². The number of amides is 1. The molecule has 1 saturated carbocycles. The molecule has 3 N–H and O–H groups in total. The van der Waals surface area contributed by atoms with Crippen LogP contribution in [0.3, 0.4) is 0 Å². The molecule has 1 aliphatic heterocycles. The van der Waals surface area contributed by atoms with Crippen LogP contribution in [0.1, 0.15) is 32.6 Å². The normalized spacial score (nSPS) is 24.6. The van der Waals surface area contributed by atoms with Crippen molar-refractivity contribution in [2.24, 2.45) is 17.6 Å². The first kappa shape index (κ1) is 12.8. The van der Waals surface area contributed by atoms with Crippen LogP contribution in [-0.2, 0) is 4.79 Å². The number of nitrogens with zero attached hydrogens (tertiary/aromatic N) is 1. The summed E-state index contributed by atoms with van der Waals surface area (Å²) in [7, 11) is 0. The van der Waals surface area contributed by atoms with Gasteiger partial charge in [-0.1, -0.05) is 0 Å². The lowest BCUT2D eigenvalue weighted by Crippen LogP contribution is -2.44. The van der Waals surface area contributed by atoms with Crippen molar-refractivity contribution in [1.29, 1.82) is 0 Å². The molecule has 0 aromatic heterocycles. The zero-order valence-electron chi connectivity index (χ0n) is 10.8. The summed E-state index contributed by atoms with van der Waals surface area (Å²) in [5.74, 6) is 1.60. The van der Waals surface area contributed by atoms with Gasteiger partial charge in [-0.15, -0.1) is 0 Å². The minimum Gasteiger partial charge on any atom is -0.355 e. The molecule has 17 heavy (non-hydrogen) atoms. The maximum atomic E-state index is 11.7. The molecule has 1 amide bonds. The number of likely N-dealkylation sites (tertiary alicyclic amines) is 1. The Bertz CT molecular complexity index is 255. The number of hydrogen-bond donors (Lipinski definition) is 2. The molecule has 2 rings (SSSR count). The van der Waals surface area contributed by atoms with E-state index in [0.29, 0.717) is 18.5 Å². The van der Waals surface area contributed by atoms with E-state index in [-0.39, 0.29) is 5.91 Å². The molecule has 1 unspecified atom stereocenters. The van der Waals surface area contributed by atoms with Crippen molar-refractivity contribution in [1.82, 2.24) is 10.2 Å². The predicted molar refractivity (Wildman–Crippen MR) is 68.5 cm³/mol. The van der Waals surface area contributed by atoms with Gasteiger partial charge < -0.3 is 11.1 Å². The van der Waals surface area contributed by atoms with Crippen molar-refractivity contribution in [2.45, 2.75) is 38.6 Å². The van der Waals surface area contributed by atoms with Crippen LogP contribution < -0.4 is 11.1 Å². The van der Waals surface area contributed by atoms with Crippen molar-refractivity contribution in [2.75, 3.05) is 26.2 Å². The fraction of sp³-hybridized carbons (Fsp3) is 0.923. The lowest BCUT2D eigenvalue weighted by molar-refractivity contribution is -0.122. The summed E-state index contributed by atoms with van der Waals surface area (Å²) < 4.78 is 0. The third-order valence-corrected chi connectivity index (χ3v) is 4.03. The van der Waals surface area contributed by atoms with Crippen LogP contribution in [-0.4, -0.2) is 43.0 Å². The van der Waals surface area contributed by atoms with E-state index >= 15 is 0 Å². The second-order valence-electron chi connectivity index (χ2n) is 5.72. The van der Waals surface area contributed by atoms with Gasteiger partial charge in [0.15, 0.2) is 0 Å². The molecule has 2 aliphatic rings. The van der Waals surface area contributed by atoms with E-state index in [9.17, 15) is 4.79 Å². The number of carbonyl (C=O) groups excluding carboxylic acids is 1. The molecule has 2 fully saturated rings. The van der Waals surface area contributed by atoms with Crippen molar-refractivity contribution in [3.8, 4) is 0 Å². The molecule has 1 atom stereocenters. The smallest absolute Gasteiger partial charge is 0.234 e. The predicted octanol–water partition coefficient (Wildman–Crippen LogP) is 0.572. The Morgan fingerprint density at radius 1 is 1.35 bits per heavy atom. The summed E-state index contributed by atoms with van der Waals surface area (Å²) >= 11 is 0. The fourth-order valence-corrected chi connectivity index (χ4v) is 2.48. The van der Waals surface area contributed by atoms with Gasteiger partial charge in [0.25, 0.3) is 0 Å². The van der Waals surface area contributed by atoms with Crippen LogP contribution in [0.25, 0.3) is 0 Å². The SMILES string of the molecule is CC(N)C1CCN(CC(=O)NCC2CC2)CC1. The van der Waals surface area contributed by atoms with Crippen molar-refractivity contribution in [3.05, 3.63) is 0 Å². The summed E-state index contributed by atoms with van der Waals surface area (Å²) in [4.78, 5) is 13.9. The van der Waals surface area contributed by atoms with Gasteiger partial charge in [0.2, 0.25) is 5.91 Å². The number of piperidine rings is 1. The number of rotatable bonds is 5. The summed E-state index contributed by atoms with van der Waals surface area (Å²) in [6.45, 7) is 5.57. The summed E-state index contributed by atoms with van der Waals surface area (Å²) in [6.07, 6.45) is 4.85. The highest BCUT2D eigenvalue weighted by Gasteiger charge is 2.24. The van der Waals surface area contributed by atoms with Crippen LogP contribution >= 0.6 is 0 Å². The van der Waals surface area contributed by atoms with E-state index < -0.39 is 0 Å². The monoisotopic (exact) mass is 239 g/mol. The van der Waals surface area contributed by atoms with Gasteiger partial charge in [0.05, 0.1) is 6.54 Å².